The van der Waals surface area contributed by atoms with Gasteiger partial charge in [-0.1, -0.05) is 0 Å². The van der Waals surface area contributed by atoms with E-state index in [1.165, 1.54) is 0 Å². The highest BCUT2D eigenvalue weighted by Crippen LogP contribution is 2.42. The van der Waals surface area contributed by atoms with Crippen molar-refractivity contribution in [2.75, 3.05) is 10.6 Å². The van der Waals surface area contributed by atoms with Crippen molar-refractivity contribution in [2.45, 2.75) is 36.8 Å². The van der Waals surface area contributed by atoms with Crippen LogP contribution in [-0.2, 0) is 19.1 Å². The van der Waals surface area contributed by atoms with Gasteiger partial charge in [-0.3, -0.25) is 9.59 Å². The molecule has 0 aliphatic carbocycles. The third-order valence-electron chi connectivity index (χ3n) is 3.19. The minimum absolute atomic E-state index is 0.370. The van der Waals surface area contributed by atoms with Gasteiger partial charge in [-0.15, -0.1) is 26.3 Å². The van der Waals surface area contributed by atoms with Gasteiger partial charge in [0.2, 0.25) is 0 Å². The summed E-state index contributed by atoms with van der Waals surface area (Å²) in [7, 11) is 0. The van der Waals surface area contributed by atoms with Crippen molar-refractivity contribution < 1.29 is 80.5 Å². The van der Waals surface area contributed by atoms with Gasteiger partial charge in [-0.2, -0.15) is 35.1 Å². The zero-order valence-electron chi connectivity index (χ0n) is 15.2. The molecule has 1 aromatic rings. The smallest absolute Gasteiger partial charge is 0.321 e. The quantitative estimate of drug-likeness (QED) is 0.458. The SMILES string of the molecule is O=C(Nc1ccc(NC(=O)C(F)(F)C(F)(F)OC(F)(F)F)cc1)C(F)(F)C(F)(F)OC(F)(F)F. The van der Waals surface area contributed by atoms with Crippen molar-refractivity contribution in [1.82, 2.24) is 0 Å². The zero-order chi connectivity index (χ0) is 27.0. The fraction of sp³-hybridized carbons (Fsp3) is 0.429. The molecule has 0 bridgehead atoms. The highest BCUT2D eigenvalue weighted by Gasteiger charge is 2.68. The van der Waals surface area contributed by atoms with E-state index in [2.05, 4.69) is 0 Å². The van der Waals surface area contributed by atoms with E-state index in [9.17, 15) is 71.1 Å². The number of alkyl halides is 14. The first-order valence-electron chi connectivity index (χ1n) is 7.69. The van der Waals surface area contributed by atoms with Crippen molar-refractivity contribution in [3.05, 3.63) is 24.3 Å². The molecule has 6 nitrogen and oxygen atoms in total. The highest BCUT2D eigenvalue weighted by atomic mass is 19.4. The molecule has 0 spiro atoms. The summed E-state index contributed by atoms with van der Waals surface area (Å²) in [4.78, 5) is 22.5. The number of rotatable bonds is 8. The molecule has 0 heterocycles. The van der Waals surface area contributed by atoms with E-state index < -0.39 is 60.0 Å². The molecule has 2 N–H and O–H groups in total. The maximum Gasteiger partial charge on any atom is 0.527 e. The van der Waals surface area contributed by atoms with Gasteiger partial charge >= 0.3 is 48.6 Å². The molecule has 1 aromatic carbocycles. The normalized spacial score (nSPS) is 14.1. The van der Waals surface area contributed by atoms with Crippen molar-refractivity contribution >= 4 is 23.2 Å². The Morgan fingerprint density at radius 1 is 0.529 bits per heavy atom. The number of amides is 2. The lowest BCUT2D eigenvalue weighted by atomic mass is 10.2. The molecule has 0 aliphatic heterocycles. The number of carbonyl (C=O) groups is 2. The van der Waals surface area contributed by atoms with Gasteiger partial charge in [-0.05, 0) is 24.3 Å². The largest absolute Gasteiger partial charge is 0.527 e. The number of nitrogens with one attached hydrogen (secondary N) is 2. The molecule has 2 amide bonds. The molecular formula is C14H6F14N2O4. The Morgan fingerprint density at radius 2 is 0.765 bits per heavy atom. The van der Waals surface area contributed by atoms with Crippen molar-refractivity contribution in [2.24, 2.45) is 0 Å². The molecule has 0 atom stereocenters. The summed E-state index contributed by atoms with van der Waals surface area (Å²) >= 11 is 0. The van der Waals surface area contributed by atoms with Gasteiger partial charge in [0.15, 0.2) is 0 Å². The number of halogens is 14. The van der Waals surface area contributed by atoms with Crippen LogP contribution in [0.15, 0.2) is 24.3 Å². The van der Waals surface area contributed by atoms with E-state index in [0.29, 0.717) is 24.3 Å². The van der Waals surface area contributed by atoms with Crippen LogP contribution in [-0.4, -0.2) is 48.6 Å². The average molecular weight is 532 g/mol. The molecule has 0 aliphatic rings. The molecule has 20 heteroatoms. The van der Waals surface area contributed by atoms with E-state index in [-0.39, 0.29) is 0 Å². The molecule has 34 heavy (non-hydrogen) atoms. The molecule has 0 aromatic heterocycles. The minimum atomic E-state index is -6.38. The van der Waals surface area contributed by atoms with Crippen LogP contribution in [0.3, 0.4) is 0 Å². The van der Waals surface area contributed by atoms with Crippen LogP contribution in [0.25, 0.3) is 0 Å². The summed E-state index contributed by atoms with van der Waals surface area (Å²) < 4.78 is 180. The first kappa shape index (κ1) is 29.1. The van der Waals surface area contributed by atoms with Gasteiger partial charge in [0.1, 0.15) is 0 Å². The summed E-state index contributed by atoms with van der Waals surface area (Å²) in [5, 5.41) is 1.99. The third kappa shape index (κ3) is 7.05. The van der Waals surface area contributed by atoms with Gasteiger partial charge in [0.25, 0.3) is 0 Å². The fourth-order valence-corrected chi connectivity index (χ4v) is 1.74. The molecule has 0 fully saturated rings. The molecule has 0 radical (unpaired) electrons. The predicted octanol–water partition coefficient (Wildman–Crippen LogP) is 5.09. The number of carbonyl (C=O) groups excluding carboxylic acids is 2. The lowest BCUT2D eigenvalue weighted by Crippen LogP contribution is -2.53. The Morgan fingerprint density at radius 3 is 0.971 bits per heavy atom. The molecule has 194 valence electrons. The number of hydrogen-bond donors (Lipinski definition) is 2. The second-order valence-corrected chi connectivity index (χ2v) is 5.76. The maximum absolute atomic E-state index is 13.3. The third-order valence-corrected chi connectivity index (χ3v) is 3.19. The van der Waals surface area contributed by atoms with Crippen LogP contribution in [0.4, 0.5) is 72.8 Å². The van der Waals surface area contributed by atoms with Gasteiger partial charge in [0, 0.05) is 11.4 Å². The summed E-state index contributed by atoms with van der Waals surface area (Å²) in [5.74, 6) is -18.3. The van der Waals surface area contributed by atoms with E-state index >= 15 is 0 Å². The number of anilines is 2. The van der Waals surface area contributed by atoms with E-state index in [1.54, 1.807) is 0 Å². The monoisotopic (exact) mass is 532 g/mol. The highest BCUT2D eigenvalue weighted by molar-refractivity contribution is 5.98. The van der Waals surface area contributed by atoms with Crippen molar-refractivity contribution in [3.8, 4) is 0 Å². The molecule has 0 unspecified atom stereocenters. The lowest BCUT2D eigenvalue weighted by Gasteiger charge is -2.26. The van der Waals surface area contributed by atoms with E-state index in [1.807, 2.05) is 9.47 Å². The summed E-state index contributed by atoms with van der Waals surface area (Å²) in [6.45, 7) is 0. The van der Waals surface area contributed by atoms with Gasteiger partial charge < -0.3 is 10.6 Å². The number of hydrogen-bond acceptors (Lipinski definition) is 4. The summed E-state index contributed by atoms with van der Waals surface area (Å²) in [6, 6.07) is 1.48. The Bertz CT molecular complexity index is 822. The Balaban J connectivity index is 2.94. The van der Waals surface area contributed by atoms with Crippen molar-refractivity contribution in [1.29, 1.82) is 0 Å². The predicted molar refractivity (Wildman–Crippen MR) is 77.8 cm³/mol. The zero-order valence-corrected chi connectivity index (χ0v) is 15.2. The van der Waals surface area contributed by atoms with Crippen LogP contribution < -0.4 is 10.6 Å². The standard InChI is InChI=1S/C14H6F14N2O4/c15-9(16,11(19,20)33-13(23,24)25)7(31)29-5-1-2-6(4-3-5)30-8(32)10(17,18)12(21,22)34-14(26,27)28/h1-4H,(H,29,31)(H,30,32). The topological polar surface area (TPSA) is 76.7 Å². The Hall–Kier alpha value is -2.90. The van der Waals surface area contributed by atoms with Gasteiger partial charge in [-0.25, -0.2) is 9.47 Å². The first-order chi connectivity index (χ1) is 14.9. The molecular weight excluding hydrogens is 526 g/mol. The molecule has 0 saturated carbocycles. The van der Waals surface area contributed by atoms with Crippen LogP contribution >= 0.6 is 0 Å². The second-order valence-electron chi connectivity index (χ2n) is 5.76. The van der Waals surface area contributed by atoms with Crippen LogP contribution in [0.1, 0.15) is 0 Å². The van der Waals surface area contributed by atoms with Crippen LogP contribution in [0, 0.1) is 0 Å². The minimum Gasteiger partial charge on any atom is -0.321 e. The summed E-state index contributed by atoms with van der Waals surface area (Å²) in [5.41, 5.74) is -1.86. The van der Waals surface area contributed by atoms with Crippen LogP contribution in [0.5, 0.6) is 0 Å². The summed E-state index contributed by atoms with van der Waals surface area (Å²) in [6.07, 6.45) is -25.3. The van der Waals surface area contributed by atoms with Gasteiger partial charge in [0.05, 0.1) is 0 Å². The molecule has 1 rings (SSSR count). The molecule has 0 saturated heterocycles. The Kier molecular flexibility index (Phi) is 7.75. The lowest BCUT2D eigenvalue weighted by molar-refractivity contribution is -0.458. The fourth-order valence-electron chi connectivity index (χ4n) is 1.74. The number of ether oxygens (including phenoxy) is 2. The number of benzene rings is 1. The van der Waals surface area contributed by atoms with Crippen LogP contribution in [0.2, 0.25) is 0 Å². The van der Waals surface area contributed by atoms with Crippen molar-refractivity contribution in [3.63, 3.8) is 0 Å². The first-order valence-corrected chi connectivity index (χ1v) is 7.69. The van der Waals surface area contributed by atoms with E-state index in [4.69, 9.17) is 0 Å². The maximum atomic E-state index is 13.3. The second kappa shape index (κ2) is 9.04. The average Bonchev–Trinajstić information content (AvgIpc) is 2.58. The Labute approximate surface area is 176 Å². The van der Waals surface area contributed by atoms with E-state index in [0.717, 1.165) is 10.6 Å².